The highest BCUT2D eigenvalue weighted by atomic mass is 32.1. The highest BCUT2D eigenvalue weighted by molar-refractivity contribution is 8.00. The highest BCUT2D eigenvalue weighted by Gasteiger charge is 1.81. The lowest BCUT2D eigenvalue weighted by Crippen LogP contribution is -2.38. The van der Waals surface area contributed by atoms with E-state index in [-0.39, 0.29) is 10.2 Å². The zero-order chi connectivity index (χ0) is 6.57. The molecule has 0 aromatic heterocycles. The summed E-state index contributed by atoms with van der Waals surface area (Å²) in [5.41, 5.74) is 4.50. The predicted octanol–water partition coefficient (Wildman–Crippen LogP) is -0.541. The Hall–Kier alpha value is -0.420. The molecule has 0 saturated heterocycles. The zero-order valence-corrected chi connectivity index (χ0v) is 5.86. The summed E-state index contributed by atoms with van der Waals surface area (Å²) < 4.78 is 0.139. The minimum Gasteiger partial charge on any atom is -0.410 e. The van der Waals surface area contributed by atoms with Crippen molar-refractivity contribution in [1.82, 2.24) is 10.9 Å². The normalized spacial score (nSPS) is 7.62. The number of hydrogen-bond donors (Lipinski definition) is 2. The van der Waals surface area contributed by atoms with Crippen LogP contribution in [-0.2, 0) is 17.4 Å². The smallest absolute Gasteiger partial charge is 0.235 e. The molecule has 1 amide bonds. The summed E-state index contributed by atoms with van der Waals surface area (Å²) in [5.74, 6) is -0.211. The molecule has 3 nitrogen and oxygen atoms in total. The van der Waals surface area contributed by atoms with Gasteiger partial charge in [-0.15, -0.1) is 0 Å². The Balaban J connectivity index is 3.18. The van der Waals surface area contributed by atoms with Gasteiger partial charge < -0.3 is 30.3 Å². The molecule has 0 heterocycles. The molecule has 0 fully saturated rings. The first kappa shape index (κ1) is 7.58. The summed E-state index contributed by atoms with van der Waals surface area (Å²) in [5, 5.41) is 0. The minimum absolute atomic E-state index is 0.139. The first-order valence-electron chi connectivity index (χ1n) is 1.86. The van der Waals surface area contributed by atoms with Crippen molar-refractivity contribution < 1.29 is 4.79 Å². The Kier molecular flexibility index (Phi) is 3.38. The number of rotatable bonds is 0. The Bertz CT molecular complexity index is 99.9. The molecule has 0 radical (unpaired) electrons. The molecule has 0 bridgehead atoms. The highest BCUT2D eigenvalue weighted by Crippen LogP contribution is 1.59. The van der Waals surface area contributed by atoms with Crippen molar-refractivity contribution in [2.75, 3.05) is 0 Å². The molecule has 0 atom stereocenters. The van der Waals surface area contributed by atoms with Crippen LogP contribution >= 0.6 is 12.2 Å². The van der Waals surface area contributed by atoms with Gasteiger partial charge in [0.15, 0.2) is 0 Å². The summed E-state index contributed by atoms with van der Waals surface area (Å²) in [6, 6.07) is 0. The van der Waals surface area contributed by atoms with Gasteiger partial charge in [-0.05, 0) is 4.32 Å². The molecule has 0 spiro atoms. The van der Waals surface area contributed by atoms with Crippen LogP contribution in [0.3, 0.4) is 0 Å². The maximum atomic E-state index is 10.1. The van der Waals surface area contributed by atoms with E-state index in [2.05, 4.69) is 35.7 Å². The predicted molar refractivity (Wildman–Crippen MR) is 36.9 cm³/mol. The topological polar surface area (TPSA) is 41.1 Å². The van der Waals surface area contributed by atoms with Crippen LogP contribution in [0.1, 0.15) is 6.92 Å². The lowest BCUT2D eigenvalue weighted by Gasteiger charge is -2.07. The molecule has 5 heteroatoms. The van der Waals surface area contributed by atoms with E-state index in [9.17, 15) is 4.79 Å². The van der Waals surface area contributed by atoms with Crippen LogP contribution in [-0.4, -0.2) is 10.2 Å². The first-order chi connectivity index (χ1) is 3.63. The quantitative estimate of drug-likeness (QED) is 0.276. The molecule has 0 aliphatic heterocycles. The molecule has 8 heavy (non-hydrogen) atoms. The van der Waals surface area contributed by atoms with E-state index in [0.717, 1.165) is 0 Å². The number of carbonyl (C=O) groups excluding carboxylic acids is 1. The van der Waals surface area contributed by atoms with Gasteiger partial charge >= 0.3 is 0 Å². The molecule has 0 saturated carbocycles. The third-order valence-electron chi connectivity index (χ3n) is 0.341. The van der Waals surface area contributed by atoms with Crippen molar-refractivity contribution in [2.45, 2.75) is 6.92 Å². The second-order valence-corrected chi connectivity index (χ2v) is 2.17. The van der Waals surface area contributed by atoms with Crippen LogP contribution in [0.25, 0.3) is 0 Å². The maximum Gasteiger partial charge on any atom is 0.235 e. The van der Waals surface area contributed by atoms with E-state index < -0.39 is 0 Å². The summed E-state index contributed by atoms with van der Waals surface area (Å²) in [6.45, 7) is 1.36. The van der Waals surface area contributed by atoms with E-state index in [1.54, 1.807) is 0 Å². The average molecular weight is 149 g/mol. The fourth-order valence-corrected chi connectivity index (χ4v) is 0.241. The number of carbonyl (C=O) groups is 1. The molecule has 2 N–H and O–H groups in total. The van der Waals surface area contributed by atoms with E-state index >= 15 is 0 Å². The van der Waals surface area contributed by atoms with Gasteiger partial charge in [-0.2, -0.15) is 0 Å². The van der Waals surface area contributed by atoms with Crippen molar-refractivity contribution >= 4 is 35.1 Å². The molecule has 0 aliphatic rings. The molecule has 0 aromatic carbocycles. The monoisotopic (exact) mass is 149 g/mol. The van der Waals surface area contributed by atoms with Crippen molar-refractivity contribution in [3.63, 3.8) is 0 Å². The average Bonchev–Trinajstić information content (AvgIpc) is 1.61. The molecule has 46 valence electrons. The van der Waals surface area contributed by atoms with Crippen molar-refractivity contribution in [3.05, 3.63) is 0 Å². The Morgan fingerprint density at radius 2 is 2.12 bits per heavy atom. The van der Waals surface area contributed by atoms with Crippen molar-refractivity contribution in [1.29, 1.82) is 0 Å². The molecular weight excluding hydrogens is 144 g/mol. The van der Waals surface area contributed by atoms with Gasteiger partial charge in [-0.25, -0.2) is 0 Å². The van der Waals surface area contributed by atoms with E-state index in [1.807, 2.05) is 0 Å². The van der Waals surface area contributed by atoms with Crippen molar-refractivity contribution in [2.24, 2.45) is 0 Å². The van der Waals surface area contributed by atoms with E-state index in [1.165, 1.54) is 6.92 Å². The molecule has 0 unspecified atom stereocenters. The van der Waals surface area contributed by atoms with Gasteiger partial charge in [0.25, 0.3) is 0 Å². The molecular formula is C3H5N2OS2-. The first-order valence-corrected chi connectivity index (χ1v) is 2.68. The van der Waals surface area contributed by atoms with Crippen LogP contribution in [0.2, 0.25) is 0 Å². The number of nitrogens with one attached hydrogen (secondary N) is 2. The summed E-state index contributed by atoms with van der Waals surface area (Å²) in [7, 11) is 0. The van der Waals surface area contributed by atoms with Gasteiger partial charge in [-0.3, -0.25) is 10.2 Å². The number of hydrazine groups is 1. The summed E-state index contributed by atoms with van der Waals surface area (Å²) >= 11 is 8.81. The lowest BCUT2D eigenvalue weighted by molar-refractivity contribution is -0.119. The number of hydrogen-bond acceptors (Lipinski definition) is 3. The Labute approximate surface area is 58.2 Å². The van der Waals surface area contributed by atoms with Crippen LogP contribution < -0.4 is 10.9 Å². The van der Waals surface area contributed by atoms with Gasteiger partial charge in [0, 0.05) is 6.92 Å². The third kappa shape index (κ3) is 5.58. The lowest BCUT2D eigenvalue weighted by atomic mass is 10.8. The maximum absolute atomic E-state index is 10.1. The standard InChI is InChI=1S/C3H6N2OS2/c1-2(6)4-5-3(7)8/h1H3,(H,4,6)(H2,5,7,8)/p-1. The molecule has 0 aliphatic carbocycles. The molecule has 0 aromatic rings. The van der Waals surface area contributed by atoms with Crippen LogP contribution in [0, 0.1) is 0 Å². The fraction of sp³-hybridized carbons (Fsp3) is 0.333. The van der Waals surface area contributed by atoms with Crippen LogP contribution in [0.4, 0.5) is 0 Å². The minimum atomic E-state index is -0.211. The number of thiocarbonyl (C=S) groups is 1. The van der Waals surface area contributed by atoms with Gasteiger partial charge in [0.2, 0.25) is 5.91 Å². The SMILES string of the molecule is CC(=O)NNC(=S)[S-]. The van der Waals surface area contributed by atoms with Gasteiger partial charge in [0.1, 0.15) is 0 Å². The third-order valence-corrected chi connectivity index (χ3v) is 0.545. The number of amides is 1. The van der Waals surface area contributed by atoms with E-state index in [0.29, 0.717) is 0 Å². The molecule has 0 rings (SSSR count). The second kappa shape index (κ2) is 3.57. The van der Waals surface area contributed by atoms with Gasteiger partial charge in [-0.1, -0.05) is 0 Å². The second-order valence-electron chi connectivity index (χ2n) is 1.09. The Morgan fingerprint density at radius 1 is 1.62 bits per heavy atom. The van der Waals surface area contributed by atoms with Gasteiger partial charge in [0.05, 0.1) is 0 Å². The zero-order valence-electron chi connectivity index (χ0n) is 4.22. The largest absolute Gasteiger partial charge is 0.410 e. The summed E-state index contributed by atoms with van der Waals surface area (Å²) in [6.07, 6.45) is 0. The Morgan fingerprint density at radius 3 is 2.25 bits per heavy atom. The van der Waals surface area contributed by atoms with E-state index in [4.69, 9.17) is 0 Å². The van der Waals surface area contributed by atoms with Crippen LogP contribution in [0.15, 0.2) is 0 Å². The van der Waals surface area contributed by atoms with Crippen LogP contribution in [0.5, 0.6) is 0 Å². The summed E-state index contributed by atoms with van der Waals surface area (Å²) in [4.78, 5) is 10.1. The fourth-order valence-electron chi connectivity index (χ4n) is 0.139. The van der Waals surface area contributed by atoms with Crippen molar-refractivity contribution in [3.8, 4) is 0 Å².